The van der Waals surface area contributed by atoms with Crippen LogP contribution >= 0.6 is 0 Å². The monoisotopic (exact) mass is 590 g/mol. The van der Waals surface area contributed by atoms with E-state index >= 15 is 0 Å². The van der Waals surface area contributed by atoms with Crippen LogP contribution in [0, 0.1) is 0 Å². The van der Waals surface area contributed by atoms with E-state index in [1.54, 1.807) is 0 Å². The van der Waals surface area contributed by atoms with Crippen molar-refractivity contribution in [3.63, 3.8) is 0 Å². The lowest BCUT2D eigenvalue weighted by molar-refractivity contribution is -0.140. The normalized spacial score (nSPS) is 12.4. The average Bonchev–Trinajstić information content (AvgIpc) is 2.96. The van der Waals surface area contributed by atoms with Gasteiger partial charge >= 0.3 is 5.97 Å². The van der Waals surface area contributed by atoms with Crippen molar-refractivity contribution in [1.29, 1.82) is 0 Å². The lowest BCUT2D eigenvalue weighted by Gasteiger charge is -2.18. The number of carboxylic acids is 1. The first kappa shape index (κ1) is 40.4. The molecule has 1 amide bonds. The van der Waals surface area contributed by atoms with Crippen LogP contribution in [0.2, 0.25) is 0 Å². The predicted molar refractivity (Wildman–Crippen MR) is 183 cm³/mol. The van der Waals surface area contributed by atoms with Gasteiger partial charge in [-0.3, -0.25) is 9.59 Å². The molecule has 0 aliphatic rings. The Morgan fingerprint density at radius 3 is 1.31 bits per heavy atom. The van der Waals surface area contributed by atoms with Gasteiger partial charge in [-0.15, -0.1) is 0 Å². The summed E-state index contributed by atoms with van der Waals surface area (Å²) in [5.74, 6) is -1.38. The van der Waals surface area contributed by atoms with Crippen LogP contribution in [0.5, 0.6) is 0 Å². The third kappa shape index (κ3) is 32.9. The van der Waals surface area contributed by atoms with Crippen LogP contribution in [0.3, 0.4) is 0 Å². The third-order valence-corrected chi connectivity index (χ3v) is 8.34. The SMILES string of the molecule is CCCCC/C=C\C/C=C\CCCCCCCCC(CCCCCCCCCCCCCCCC)NC(=O)CC(=O)O. The van der Waals surface area contributed by atoms with E-state index in [1.165, 1.54) is 148 Å². The second kappa shape index (κ2) is 33.9. The van der Waals surface area contributed by atoms with Crippen LogP contribution in [0.4, 0.5) is 0 Å². The highest BCUT2D eigenvalue weighted by Crippen LogP contribution is 2.16. The van der Waals surface area contributed by atoms with Gasteiger partial charge in [0, 0.05) is 6.04 Å². The molecule has 0 aliphatic carbocycles. The Balaban J connectivity index is 3.84. The van der Waals surface area contributed by atoms with E-state index < -0.39 is 12.4 Å². The minimum absolute atomic E-state index is 0.125. The van der Waals surface area contributed by atoms with Crippen LogP contribution < -0.4 is 5.32 Å². The van der Waals surface area contributed by atoms with Gasteiger partial charge in [0.05, 0.1) is 0 Å². The molecule has 42 heavy (non-hydrogen) atoms. The van der Waals surface area contributed by atoms with E-state index in [1.807, 2.05) is 0 Å². The molecule has 2 N–H and O–H groups in total. The molecule has 246 valence electrons. The summed E-state index contributed by atoms with van der Waals surface area (Å²) in [6.45, 7) is 4.52. The Morgan fingerprint density at radius 1 is 0.524 bits per heavy atom. The number of nitrogens with one attached hydrogen (secondary N) is 1. The van der Waals surface area contributed by atoms with Gasteiger partial charge in [0.15, 0.2) is 0 Å². The third-order valence-electron chi connectivity index (χ3n) is 8.34. The quantitative estimate of drug-likeness (QED) is 0.0454. The van der Waals surface area contributed by atoms with Crippen molar-refractivity contribution in [3.8, 4) is 0 Å². The van der Waals surface area contributed by atoms with Gasteiger partial charge in [-0.05, 0) is 44.9 Å². The van der Waals surface area contributed by atoms with Gasteiger partial charge in [0.2, 0.25) is 5.91 Å². The highest BCUT2D eigenvalue weighted by Gasteiger charge is 2.14. The van der Waals surface area contributed by atoms with Crippen molar-refractivity contribution in [3.05, 3.63) is 24.3 Å². The first-order chi connectivity index (χ1) is 20.6. The van der Waals surface area contributed by atoms with Gasteiger partial charge in [-0.25, -0.2) is 0 Å². The number of rotatable bonds is 33. The molecular formula is C38H71NO3. The number of carboxylic acid groups (broad SMARTS) is 1. The summed E-state index contributed by atoms with van der Waals surface area (Å²) in [6, 6.07) is 0.125. The predicted octanol–water partition coefficient (Wildman–Crippen LogP) is 12.0. The zero-order chi connectivity index (χ0) is 30.8. The molecule has 4 nitrogen and oxygen atoms in total. The Kier molecular flexibility index (Phi) is 32.6. The van der Waals surface area contributed by atoms with E-state index in [-0.39, 0.29) is 11.9 Å². The van der Waals surface area contributed by atoms with Crippen molar-refractivity contribution in [2.45, 2.75) is 206 Å². The molecule has 0 fully saturated rings. The molecule has 0 rings (SSSR count). The zero-order valence-corrected chi connectivity index (χ0v) is 28.2. The fourth-order valence-electron chi connectivity index (χ4n) is 5.67. The molecule has 0 bridgehead atoms. The molecule has 1 atom stereocenters. The molecule has 1 unspecified atom stereocenters. The number of carbonyl (C=O) groups excluding carboxylic acids is 1. The van der Waals surface area contributed by atoms with Crippen LogP contribution in [-0.4, -0.2) is 23.0 Å². The van der Waals surface area contributed by atoms with Gasteiger partial charge in [0.25, 0.3) is 0 Å². The van der Waals surface area contributed by atoms with E-state index in [9.17, 15) is 9.59 Å². The Hall–Kier alpha value is -1.58. The van der Waals surface area contributed by atoms with E-state index in [0.717, 1.165) is 32.1 Å². The van der Waals surface area contributed by atoms with E-state index in [4.69, 9.17) is 5.11 Å². The lowest BCUT2D eigenvalue weighted by Crippen LogP contribution is -2.35. The van der Waals surface area contributed by atoms with Crippen LogP contribution in [0.25, 0.3) is 0 Å². The molecule has 4 heteroatoms. The number of allylic oxidation sites excluding steroid dienone is 4. The first-order valence-corrected chi connectivity index (χ1v) is 18.4. The molecule has 0 aliphatic heterocycles. The largest absolute Gasteiger partial charge is 0.481 e. The highest BCUT2D eigenvalue weighted by atomic mass is 16.4. The minimum atomic E-state index is -1.04. The van der Waals surface area contributed by atoms with Gasteiger partial charge in [0.1, 0.15) is 6.42 Å². The Labute approximate surface area is 262 Å². The summed E-state index contributed by atoms with van der Waals surface area (Å²) in [4.78, 5) is 23.0. The van der Waals surface area contributed by atoms with Gasteiger partial charge in [-0.2, -0.15) is 0 Å². The number of amides is 1. The average molecular weight is 590 g/mol. The second-order valence-corrected chi connectivity index (χ2v) is 12.6. The van der Waals surface area contributed by atoms with Crippen molar-refractivity contribution in [2.75, 3.05) is 0 Å². The summed E-state index contributed by atoms with van der Waals surface area (Å²) in [5.41, 5.74) is 0. The lowest BCUT2D eigenvalue weighted by atomic mass is 9.99. The Morgan fingerprint density at radius 2 is 0.881 bits per heavy atom. The standard InChI is InChI=1S/C38H71NO3/c1-3-5-7-9-11-13-15-17-19-20-22-24-26-28-30-32-34-36(39-37(40)35-38(41)42)33-31-29-27-25-23-21-18-16-14-12-10-8-6-4-2/h11,13,17,19,36H,3-10,12,14-16,18,20-35H2,1-2H3,(H,39,40)(H,41,42)/b13-11-,19-17-. The van der Waals surface area contributed by atoms with Crippen molar-refractivity contribution in [2.24, 2.45) is 0 Å². The van der Waals surface area contributed by atoms with E-state index in [2.05, 4.69) is 43.5 Å². The van der Waals surface area contributed by atoms with E-state index in [0.29, 0.717) is 0 Å². The number of hydrogen-bond donors (Lipinski definition) is 2. The zero-order valence-electron chi connectivity index (χ0n) is 28.2. The summed E-state index contributed by atoms with van der Waals surface area (Å²) < 4.78 is 0. The van der Waals surface area contributed by atoms with Gasteiger partial charge in [-0.1, -0.05) is 173 Å². The van der Waals surface area contributed by atoms with Crippen LogP contribution in [-0.2, 0) is 9.59 Å². The molecule has 0 heterocycles. The molecule has 0 aromatic rings. The minimum Gasteiger partial charge on any atom is -0.481 e. The summed E-state index contributed by atoms with van der Waals surface area (Å²) in [6.07, 6.45) is 44.4. The number of unbranched alkanes of at least 4 members (excludes halogenated alkanes) is 22. The highest BCUT2D eigenvalue weighted by molar-refractivity contribution is 5.93. The molecule has 0 spiro atoms. The Bertz CT molecular complexity index is 642. The number of carbonyl (C=O) groups is 2. The topological polar surface area (TPSA) is 66.4 Å². The van der Waals surface area contributed by atoms with Crippen molar-refractivity contribution < 1.29 is 14.7 Å². The molecule has 0 aromatic heterocycles. The van der Waals surface area contributed by atoms with Gasteiger partial charge < -0.3 is 10.4 Å². The maximum Gasteiger partial charge on any atom is 0.312 e. The maximum atomic E-state index is 12.1. The second-order valence-electron chi connectivity index (χ2n) is 12.6. The number of hydrogen-bond acceptors (Lipinski definition) is 2. The van der Waals surface area contributed by atoms with Crippen LogP contribution in [0.15, 0.2) is 24.3 Å². The summed E-state index contributed by atoms with van der Waals surface area (Å²) in [5, 5.41) is 12.0. The maximum absolute atomic E-state index is 12.1. The molecule has 0 aromatic carbocycles. The van der Waals surface area contributed by atoms with Crippen molar-refractivity contribution >= 4 is 11.9 Å². The molecular weight excluding hydrogens is 518 g/mol. The fourth-order valence-corrected chi connectivity index (χ4v) is 5.67. The first-order valence-electron chi connectivity index (χ1n) is 18.4. The molecule has 0 saturated heterocycles. The summed E-state index contributed by atoms with van der Waals surface area (Å²) >= 11 is 0. The van der Waals surface area contributed by atoms with Crippen molar-refractivity contribution in [1.82, 2.24) is 5.32 Å². The molecule has 0 radical (unpaired) electrons. The van der Waals surface area contributed by atoms with Crippen LogP contribution in [0.1, 0.15) is 200 Å². The number of aliphatic carboxylic acids is 1. The summed E-state index contributed by atoms with van der Waals surface area (Å²) in [7, 11) is 0. The fraction of sp³-hybridized carbons (Fsp3) is 0.842. The molecule has 0 saturated carbocycles. The smallest absolute Gasteiger partial charge is 0.312 e.